The second kappa shape index (κ2) is 5.73. The van der Waals surface area contributed by atoms with Gasteiger partial charge < -0.3 is 5.32 Å². The van der Waals surface area contributed by atoms with Gasteiger partial charge in [-0.2, -0.15) is 13.2 Å². The molecule has 1 aliphatic rings. The van der Waals surface area contributed by atoms with Crippen LogP contribution < -0.4 is 5.32 Å². The Morgan fingerprint density at radius 3 is 2.53 bits per heavy atom. The Balaban J connectivity index is 2.24. The lowest BCUT2D eigenvalue weighted by Crippen LogP contribution is -2.31. The Kier molecular flexibility index (Phi) is 4.43. The summed E-state index contributed by atoms with van der Waals surface area (Å²) in [6, 6.07) is 4.42. The summed E-state index contributed by atoms with van der Waals surface area (Å²) in [4.78, 5) is 0. The molecule has 1 N–H and O–H groups in total. The quantitative estimate of drug-likeness (QED) is 0.756. The minimum Gasteiger partial charge on any atom is -0.382 e. The highest BCUT2D eigenvalue weighted by molar-refractivity contribution is 9.10. The molecule has 0 amide bonds. The maximum absolute atomic E-state index is 13.0. The lowest BCUT2D eigenvalue weighted by Gasteiger charge is -2.31. The van der Waals surface area contributed by atoms with Crippen molar-refractivity contribution in [1.82, 2.24) is 0 Å². The van der Waals surface area contributed by atoms with Gasteiger partial charge in [0.05, 0.1) is 5.56 Å². The molecule has 19 heavy (non-hydrogen) atoms. The Morgan fingerprint density at radius 1 is 1.21 bits per heavy atom. The highest BCUT2D eigenvalue weighted by Gasteiger charge is 2.34. The molecule has 0 aliphatic heterocycles. The van der Waals surface area contributed by atoms with E-state index in [9.17, 15) is 13.2 Å². The second-order valence-electron chi connectivity index (χ2n) is 5.20. The number of nitrogens with one attached hydrogen (secondary N) is 1. The summed E-state index contributed by atoms with van der Waals surface area (Å²) >= 11 is 3.10. The van der Waals surface area contributed by atoms with Crippen molar-refractivity contribution in [2.24, 2.45) is 5.92 Å². The molecular formula is C14H17BrF3N. The molecule has 0 radical (unpaired) electrons. The van der Waals surface area contributed by atoms with Gasteiger partial charge in [-0.15, -0.1) is 0 Å². The molecule has 2 rings (SSSR count). The zero-order valence-electron chi connectivity index (χ0n) is 10.7. The SMILES string of the molecule is CC1CCCCC1Nc1ccc(Br)cc1C(F)(F)F. The molecule has 0 aromatic heterocycles. The summed E-state index contributed by atoms with van der Waals surface area (Å²) in [6.45, 7) is 2.10. The summed E-state index contributed by atoms with van der Waals surface area (Å²) in [5.74, 6) is 0.415. The number of hydrogen-bond donors (Lipinski definition) is 1. The number of rotatable bonds is 2. The van der Waals surface area contributed by atoms with Crippen molar-refractivity contribution in [2.75, 3.05) is 5.32 Å². The first-order valence-corrected chi connectivity index (χ1v) is 7.30. The predicted octanol–water partition coefficient (Wildman–Crippen LogP) is 5.46. The molecule has 0 bridgehead atoms. The fourth-order valence-electron chi connectivity index (χ4n) is 2.61. The molecule has 106 valence electrons. The van der Waals surface area contributed by atoms with Crippen LogP contribution in [0.5, 0.6) is 0 Å². The van der Waals surface area contributed by atoms with Crippen molar-refractivity contribution in [1.29, 1.82) is 0 Å². The Morgan fingerprint density at radius 2 is 1.89 bits per heavy atom. The van der Waals surface area contributed by atoms with Crippen LogP contribution in [0.2, 0.25) is 0 Å². The van der Waals surface area contributed by atoms with E-state index in [4.69, 9.17) is 0 Å². The van der Waals surface area contributed by atoms with Crippen molar-refractivity contribution < 1.29 is 13.2 Å². The monoisotopic (exact) mass is 335 g/mol. The minimum atomic E-state index is -4.33. The van der Waals surface area contributed by atoms with E-state index in [2.05, 4.69) is 28.2 Å². The van der Waals surface area contributed by atoms with Gasteiger partial charge in [0.15, 0.2) is 0 Å². The van der Waals surface area contributed by atoms with Crippen LogP contribution in [-0.4, -0.2) is 6.04 Å². The lowest BCUT2D eigenvalue weighted by molar-refractivity contribution is -0.137. The zero-order valence-corrected chi connectivity index (χ0v) is 12.3. The number of benzene rings is 1. The van der Waals surface area contributed by atoms with Crippen molar-refractivity contribution in [3.05, 3.63) is 28.2 Å². The average molecular weight is 336 g/mol. The largest absolute Gasteiger partial charge is 0.418 e. The first kappa shape index (κ1) is 14.7. The van der Waals surface area contributed by atoms with Crippen molar-refractivity contribution >= 4 is 21.6 Å². The normalized spacial score (nSPS) is 24.3. The van der Waals surface area contributed by atoms with Gasteiger partial charge in [-0.05, 0) is 37.0 Å². The van der Waals surface area contributed by atoms with Crippen LogP contribution in [0.25, 0.3) is 0 Å². The standard InChI is InChI=1S/C14H17BrF3N/c1-9-4-2-3-5-12(9)19-13-7-6-10(15)8-11(13)14(16,17)18/h6-9,12,19H,2-5H2,1H3. The van der Waals surface area contributed by atoms with Gasteiger partial charge in [0.2, 0.25) is 0 Å². The summed E-state index contributed by atoms with van der Waals surface area (Å²) in [5, 5.41) is 3.09. The van der Waals surface area contributed by atoms with Crippen molar-refractivity contribution in [3.8, 4) is 0 Å². The fourth-order valence-corrected chi connectivity index (χ4v) is 2.97. The van der Waals surface area contributed by atoms with E-state index in [0.717, 1.165) is 25.3 Å². The van der Waals surface area contributed by atoms with E-state index < -0.39 is 11.7 Å². The maximum Gasteiger partial charge on any atom is 0.418 e. The highest BCUT2D eigenvalue weighted by atomic mass is 79.9. The Bertz CT molecular complexity index is 445. The third kappa shape index (κ3) is 3.65. The highest BCUT2D eigenvalue weighted by Crippen LogP contribution is 2.38. The molecule has 0 heterocycles. The smallest absolute Gasteiger partial charge is 0.382 e. The van der Waals surface area contributed by atoms with Gasteiger partial charge in [0.1, 0.15) is 0 Å². The number of hydrogen-bond acceptors (Lipinski definition) is 1. The molecule has 5 heteroatoms. The first-order chi connectivity index (χ1) is 8.88. The summed E-state index contributed by atoms with van der Waals surface area (Å²) in [6.07, 6.45) is -0.0558. The van der Waals surface area contributed by atoms with Crippen LogP contribution >= 0.6 is 15.9 Å². The van der Waals surface area contributed by atoms with Crippen LogP contribution in [0.3, 0.4) is 0 Å². The molecule has 1 saturated carbocycles. The molecular weight excluding hydrogens is 319 g/mol. The average Bonchev–Trinajstić information content (AvgIpc) is 2.33. The van der Waals surface area contributed by atoms with Gasteiger partial charge in [0, 0.05) is 16.2 Å². The maximum atomic E-state index is 13.0. The summed E-state index contributed by atoms with van der Waals surface area (Å²) in [7, 11) is 0. The molecule has 0 spiro atoms. The van der Waals surface area contributed by atoms with E-state index in [-0.39, 0.29) is 11.7 Å². The van der Waals surface area contributed by atoms with Crippen LogP contribution in [0, 0.1) is 5.92 Å². The lowest BCUT2D eigenvalue weighted by atomic mass is 9.85. The molecule has 2 unspecified atom stereocenters. The summed E-state index contributed by atoms with van der Waals surface area (Å²) < 4.78 is 39.5. The predicted molar refractivity (Wildman–Crippen MR) is 74.2 cm³/mol. The zero-order chi connectivity index (χ0) is 14.0. The van der Waals surface area contributed by atoms with E-state index >= 15 is 0 Å². The second-order valence-corrected chi connectivity index (χ2v) is 6.12. The first-order valence-electron chi connectivity index (χ1n) is 6.51. The third-order valence-electron chi connectivity index (χ3n) is 3.74. The van der Waals surface area contributed by atoms with Gasteiger partial charge in [0.25, 0.3) is 0 Å². The Labute approximate surface area is 119 Å². The number of halogens is 4. The van der Waals surface area contributed by atoms with Crippen LogP contribution in [0.1, 0.15) is 38.2 Å². The minimum absolute atomic E-state index is 0.135. The van der Waals surface area contributed by atoms with Crippen molar-refractivity contribution in [2.45, 2.75) is 44.8 Å². The molecule has 1 nitrogen and oxygen atoms in total. The molecule has 1 aliphatic carbocycles. The van der Waals surface area contributed by atoms with Gasteiger partial charge in [-0.1, -0.05) is 35.7 Å². The Hall–Kier alpha value is -0.710. The fraction of sp³-hybridized carbons (Fsp3) is 0.571. The van der Waals surface area contributed by atoms with E-state index in [1.165, 1.54) is 12.5 Å². The molecule has 1 fully saturated rings. The van der Waals surface area contributed by atoms with E-state index in [1.54, 1.807) is 6.07 Å². The van der Waals surface area contributed by atoms with Gasteiger partial charge in [-0.3, -0.25) is 0 Å². The van der Waals surface area contributed by atoms with Crippen molar-refractivity contribution in [3.63, 3.8) is 0 Å². The molecule has 1 aromatic rings. The third-order valence-corrected chi connectivity index (χ3v) is 4.23. The number of anilines is 1. The van der Waals surface area contributed by atoms with Gasteiger partial charge in [-0.25, -0.2) is 0 Å². The van der Waals surface area contributed by atoms with Gasteiger partial charge >= 0.3 is 6.18 Å². The van der Waals surface area contributed by atoms with Crippen LogP contribution in [0.4, 0.5) is 18.9 Å². The topological polar surface area (TPSA) is 12.0 Å². The van der Waals surface area contributed by atoms with Crippen LogP contribution in [-0.2, 0) is 6.18 Å². The molecule has 0 saturated heterocycles. The number of alkyl halides is 3. The van der Waals surface area contributed by atoms with E-state index in [1.807, 2.05) is 0 Å². The molecule has 2 atom stereocenters. The van der Waals surface area contributed by atoms with Crippen LogP contribution in [0.15, 0.2) is 22.7 Å². The summed E-state index contributed by atoms with van der Waals surface area (Å²) in [5.41, 5.74) is -0.408. The van der Waals surface area contributed by atoms with E-state index in [0.29, 0.717) is 10.4 Å². The molecule has 1 aromatic carbocycles.